The van der Waals surface area contributed by atoms with Gasteiger partial charge in [-0.05, 0) is 25.4 Å². The second-order valence-electron chi connectivity index (χ2n) is 4.30. The van der Waals surface area contributed by atoms with Crippen molar-refractivity contribution < 1.29 is 4.79 Å². The number of urea groups is 1. The van der Waals surface area contributed by atoms with E-state index in [0.717, 1.165) is 17.4 Å². The van der Waals surface area contributed by atoms with E-state index >= 15 is 0 Å². The van der Waals surface area contributed by atoms with Crippen molar-refractivity contribution in [2.24, 2.45) is 7.05 Å². The summed E-state index contributed by atoms with van der Waals surface area (Å²) in [6.07, 6.45) is 3.48. The van der Waals surface area contributed by atoms with Crippen molar-refractivity contribution in [3.05, 3.63) is 29.5 Å². The highest BCUT2D eigenvalue weighted by Gasteiger charge is 2.16. The molecule has 0 fully saturated rings. The number of nitriles is 1. The molecule has 1 atom stereocenters. The fourth-order valence-electron chi connectivity index (χ4n) is 1.78. The summed E-state index contributed by atoms with van der Waals surface area (Å²) in [5.74, 6) is 0.751. The average Bonchev–Trinajstić information content (AvgIpc) is 2.96. The molecular weight excluding hydrogens is 276 g/mol. The lowest BCUT2D eigenvalue weighted by atomic mass is 10.3. The van der Waals surface area contributed by atoms with Gasteiger partial charge in [-0.2, -0.15) is 9.64 Å². The van der Waals surface area contributed by atoms with Crippen LogP contribution in [0.25, 0.3) is 0 Å². The SMILES string of the molecule is Cc1nsc(NC(=O)NC(C)c2nccn2C)c1C#N. The molecule has 1 unspecified atom stereocenters. The Balaban J connectivity index is 2.03. The normalized spacial score (nSPS) is 11.7. The monoisotopic (exact) mass is 290 g/mol. The van der Waals surface area contributed by atoms with Crippen molar-refractivity contribution in [1.29, 1.82) is 5.26 Å². The topological polar surface area (TPSA) is 95.6 Å². The molecule has 2 heterocycles. The summed E-state index contributed by atoms with van der Waals surface area (Å²) in [5, 5.41) is 14.9. The minimum atomic E-state index is -0.388. The molecule has 0 aromatic carbocycles. The van der Waals surface area contributed by atoms with Crippen LogP contribution in [-0.2, 0) is 7.05 Å². The molecule has 0 aliphatic carbocycles. The van der Waals surface area contributed by atoms with Gasteiger partial charge in [0.25, 0.3) is 0 Å². The van der Waals surface area contributed by atoms with E-state index in [1.165, 1.54) is 0 Å². The fraction of sp³-hybridized carbons (Fsp3) is 0.333. The molecule has 0 spiro atoms. The number of anilines is 1. The number of amides is 2. The predicted molar refractivity (Wildman–Crippen MR) is 75.3 cm³/mol. The van der Waals surface area contributed by atoms with Crippen molar-refractivity contribution in [2.75, 3.05) is 5.32 Å². The van der Waals surface area contributed by atoms with E-state index in [2.05, 4.69) is 20.0 Å². The average molecular weight is 290 g/mol. The first-order chi connectivity index (χ1) is 9.52. The number of nitrogens with one attached hydrogen (secondary N) is 2. The zero-order chi connectivity index (χ0) is 14.7. The highest BCUT2D eigenvalue weighted by molar-refractivity contribution is 7.10. The second-order valence-corrected chi connectivity index (χ2v) is 5.07. The van der Waals surface area contributed by atoms with Gasteiger partial charge in [0.15, 0.2) is 0 Å². The summed E-state index contributed by atoms with van der Waals surface area (Å²) in [5.41, 5.74) is 1.01. The fourth-order valence-corrected chi connectivity index (χ4v) is 2.52. The van der Waals surface area contributed by atoms with Gasteiger partial charge in [-0.1, -0.05) is 0 Å². The molecule has 0 aliphatic rings. The summed E-state index contributed by atoms with van der Waals surface area (Å²) < 4.78 is 5.88. The summed E-state index contributed by atoms with van der Waals surface area (Å²) >= 11 is 1.09. The number of hydrogen-bond acceptors (Lipinski definition) is 5. The highest BCUT2D eigenvalue weighted by Crippen LogP contribution is 2.23. The first-order valence-electron chi connectivity index (χ1n) is 5.94. The van der Waals surface area contributed by atoms with Crippen LogP contribution in [0.2, 0.25) is 0 Å². The number of carbonyl (C=O) groups is 1. The molecule has 0 saturated heterocycles. The number of aromatic nitrogens is 3. The van der Waals surface area contributed by atoms with Gasteiger partial charge in [-0.3, -0.25) is 5.32 Å². The molecule has 0 radical (unpaired) electrons. The Kier molecular flexibility index (Phi) is 4.00. The standard InChI is InChI=1S/C12H14N6OS/c1-7-9(6-13)11(20-17-7)16-12(19)15-8(2)10-14-4-5-18(10)3/h4-5,8H,1-3H3,(H2,15,16,19). The minimum absolute atomic E-state index is 0.241. The molecule has 0 bridgehead atoms. The molecule has 0 aliphatic heterocycles. The number of carbonyl (C=O) groups excluding carboxylic acids is 1. The Bertz CT molecular complexity index is 668. The first-order valence-corrected chi connectivity index (χ1v) is 6.71. The summed E-state index contributed by atoms with van der Waals surface area (Å²) in [4.78, 5) is 16.1. The lowest BCUT2D eigenvalue weighted by Gasteiger charge is -2.13. The molecule has 2 aromatic rings. The number of hydrogen-bond donors (Lipinski definition) is 2. The minimum Gasteiger partial charge on any atom is -0.336 e. The Morgan fingerprint density at radius 3 is 2.95 bits per heavy atom. The highest BCUT2D eigenvalue weighted by atomic mass is 32.1. The van der Waals surface area contributed by atoms with Crippen molar-refractivity contribution in [2.45, 2.75) is 19.9 Å². The van der Waals surface area contributed by atoms with E-state index in [-0.39, 0.29) is 12.1 Å². The molecule has 104 valence electrons. The van der Waals surface area contributed by atoms with Crippen molar-refractivity contribution in [1.82, 2.24) is 19.2 Å². The largest absolute Gasteiger partial charge is 0.336 e. The third-order valence-electron chi connectivity index (χ3n) is 2.79. The van der Waals surface area contributed by atoms with Crippen molar-refractivity contribution in [3.63, 3.8) is 0 Å². The van der Waals surface area contributed by atoms with Gasteiger partial charge in [0.1, 0.15) is 22.5 Å². The Hall–Kier alpha value is -2.40. The third kappa shape index (κ3) is 2.78. The van der Waals surface area contributed by atoms with Crippen LogP contribution in [0.3, 0.4) is 0 Å². The Labute approximate surface area is 120 Å². The molecule has 7 nitrogen and oxygen atoms in total. The lowest BCUT2D eigenvalue weighted by molar-refractivity contribution is 0.249. The van der Waals surface area contributed by atoms with Crippen LogP contribution in [0.5, 0.6) is 0 Å². The molecule has 2 amide bonds. The Morgan fingerprint density at radius 2 is 2.35 bits per heavy atom. The predicted octanol–water partition coefficient (Wildman–Crippen LogP) is 1.94. The Morgan fingerprint density at radius 1 is 1.60 bits per heavy atom. The first kappa shape index (κ1) is 14.0. The van der Waals surface area contributed by atoms with Gasteiger partial charge in [0.05, 0.1) is 11.7 Å². The van der Waals surface area contributed by atoms with Crippen LogP contribution in [0, 0.1) is 18.3 Å². The molecule has 0 saturated carbocycles. The molecule has 2 N–H and O–H groups in total. The number of nitrogens with zero attached hydrogens (tertiary/aromatic N) is 4. The van der Waals surface area contributed by atoms with Crippen LogP contribution in [-0.4, -0.2) is 20.0 Å². The van der Waals surface area contributed by atoms with E-state index in [9.17, 15) is 4.79 Å². The van der Waals surface area contributed by atoms with E-state index in [1.807, 2.05) is 30.8 Å². The number of imidazole rings is 1. The van der Waals surface area contributed by atoms with E-state index in [0.29, 0.717) is 16.3 Å². The molecule has 2 aromatic heterocycles. The van der Waals surface area contributed by atoms with E-state index in [4.69, 9.17) is 5.26 Å². The smallest absolute Gasteiger partial charge is 0.320 e. The molecular formula is C12H14N6OS. The van der Waals surface area contributed by atoms with Gasteiger partial charge in [0, 0.05) is 19.4 Å². The van der Waals surface area contributed by atoms with Crippen LogP contribution in [0.15, 0.2) is 12.4 Å². The third-order valence-corrected chi connectivity index (χ3v) is 3.65. The number of rotatable bonds is 3. The summed E-state index contributed by atoms with van der Waals surface area (Å²) in [6, 6.07) is 1.40. The quantitative estimate of drug-likeness (QED) is 0.903. The summed E-state index contributed by atoms with van der Waals surface area (Å²) in [6.45, 7) is 3.57. The van der Waals surface area contributed by atoms with Gasteiger partial charge in [-0.15, -0.1) is 0 Å². The van der Waals surface area contributed by atoms with Gasteiger partial charge >= 0.3 is 6.03 Å². The maximum atomic E-state index is 11.9. The maximum Gasteiger partial charge on any atom is 0.320 e. The van der Waals surface area contributed by atoms with Crippen molar-refractivity contribution in [3.8, 4) is 6.07 Å². The molecule has 2 rings (SSSR count). The lowest BCUT2D eigenvalue weighted by Crippen LogP contribution is -2.32. The number of aryl methyl sites for hydroxylation is 2. The van der Waals surface area contributed by atoms with E-state index in [1.54, 1.807) is 13.1 Å². The van der Waals surface area contributed by atoms with Crippen LogP contribution in [0.4, 0.5) is 9.80 Å². The van der Waals surface area contributed by atoms with Crippen molar-refractivity contribution >= 4 is 22.6 Å². The second kappa shape index (κ2) is 5.71. The maximum absolute atomic E-state index is 11.9. The zero-order valence-electron chi connectivity index (χ0n) is 11.3. The zero-order valence-corrected chi connectivity index (χ0v) is 12.2. The summed E-state index contributed by atoms with van der Waals surface area (Å²) in [7, 11) is 1.86. The van der Waals surface area contributed by atoms with E-state index < -0.39 is 0 Å². The van der Waals surface area contributed by atoms with Crippen LogP contribution in [0.1, 0.15) is 30.0 Å². The van der Waals surface area contributed by atoms with Gasteiger partial charge < -0.3 is 9.88 Å². The van der Waals surface area contributed by atoms with Crippen LogP contribution < -0.4 is 10.6 Å². The van der Waals surface area contributed by atoms with Gasteiger partial charge in [0.2, 0.25) is 0 Å². The van der Waals surface area contributed by atoms with Crippen LogP contribution >= 0.6 is 11.5 Å². The van der Waals surface area contributed by atoms with Gasteiger partial charge in [-0.25, -0.2) is 9.78 Å². The molecule has 20 heavy (non-hydrogen) atoms. The molecule has 8 heteroatoms.